The molecular formula is C26H34BrN3O5. The van der Waals surface area contributed by atoms with Gasteiger partial charge in [0.05, 0.1) is 32.1 Å². The summed E-state index contributed by atoms with van der Waals surface area (Å²) in [7, 11) is 0. The van der Waals surface area contributed by atoms with Gasteiger partial charge >= 0.3 is 0 Å². The number of ether oxygens (including phenoxy) is 2. The number of halogens is 1. The van der Waals surface area contributed by atoms with Crippen molar-refractivity contribution in [3.63, 3.8) is 0 Å². The molecule has 1 atom stereocenters. The zero-order valence-electron chi connectivity index (χ0n) is 20.1. The van der Waals surface area contributed by atoms with Gasteiger partial charge in [-0.2, -0.15) is 0 Å². The number of morpholine rings is 1. The first-order chi connectivity index (χ1) is 17.1. The summed E-state index contributed by atoms with van der Waals surface area (Å²) >= 11 is 3.42. The Kier molecular flexibility index (Phi) is 9.76. The molecule has 0 saturated carbocycles. The fraction of sp³-hybridized carbons (Fsp3) is 0.538. The smallest absolute Gasteiger partial charge is 0.254 e. The molecule has 8 nitrogen and oxygen atoms in total. The number of carbonyl (C=O) groups is 2. The van der Waals surface area contributed by atoms with Crippen LogP contribution >= 0.6 is 15.9 Å². The highest BCUT2D eigenvalue weighted by Gasteiger charge is 2.27. The van der Waals surface area contributed by atoms with Gasteiger partial charge in [-0.1, -0.05) is 15.9 Å². The molecule has 2 aliphatic rings. The van der Waals surface area contributed by atoms with Crippen molar-refractivity contribution in [2.24, 2.45) is 0 Å². The van der Waals surface area contributed by atoms with Gasteiger partial charge < -0.3 is 23.7 Å². The summed E-state index contributed by atoms with van der Waals surface area (Å²) in [5.74, 6) is 0.478. The maximum absolute atomic E-state index is 13.5. The molecule has 2 fully saturated rings. The Morgan fingerprint density at radius 2 is 1.86 bits per heavy atom. The Labute approximate surface area is 215 Å². The Balaban J connectivity index is 1.44. The summed E-state index contributed by atoms with van der Waals surface area (Å²) in [6.07, 6.45) is 4.36. The number of nitrogens with zero attached hydrogens (tertiary/aromatic N) is 3. The van der Waals surface area contributed by atoms with Crippen LogP contribution in [-0.4, -0.2) is 91.7 Å². The van der Waals surface area contributed by atoms with Crippen LogP contribution in [0.1, 0.15) is 35.4 Å². The number of carbonyl (C=O) groups excluding carboxylic acids is 2. The lowest BCUT2D eigenvalue weighted by Crippen LogP contribution is -2.46. The molecule has 0 bridgehead atoms. The van der Waals surface area contributed by atoms with E-state index >= 15 is 0 Å². The van der Waals surface area contributed by atoms with Gasteiger partial charge in [0.1, 0.15) is 12.3 Å². The number of furan rings is 1. The second kappa shape index (κ2) is 13.2. The zero-order valence-corrected chi connectivity index (χ0v) is 21.7. The molecule has 4 rings (SSSR count). The van der Waals surface area contributed by atoms with Crippen LogP contribution in [0.4, 0.5) is 0 Å². The van der Waals surface area contributed by atoms with E-state index in [2.05, 4.69) is 20.8 Å². The average molecular weight is 548 g/mol. The van der Waals surface area contributed by atoms with Gasteiger partial charge in [-0.3, -0.25) is 14.5 Å². The van der Waals surface area contributed by atoms with Crippen LogP contribution in [0.15, 0.2) is 51.6 Å². The number of rotatable bonds is 11. The van der Waals surface area contributed by atoms with Crippen molar-refractivity contribution in [3.8, 4) is 0 Å². The maximum atomic E-state index is 13.5. The van der Waals surface area contributed by atoms with Crippen LogP contribution in [0.2, 0.25) is 0 Å². The summed E-state index contributed by atoms with van der Waals surface area (Å²) in [6, 6.07) is 11.0. The first-order valence-electron chi connectivity index (χ1n) is 12.3. The first kappa shape index (κ1) is 25.9. The SMILES string of the molecule is O=C(CN(CCCN1CCOCC1)C(=O)c1ccc(Br)cc1)N(Cc1ccco1)CC1CCCO1. The van der Waals surface area contributed by atoms with Gasteiger partial charge in [-0.15, -0.1) is 0 Å². The largest absolute Gasteiger partial charge is 0.467 e. The molecule has 190 valence electrons. The lowest BCUT2D eigenvalue weighted by molar-refractivity contribution is -0.134. The van der Waals surface area contributed by atoms with Crippen molar-refractivity contribution in [3.05, 3.63) is 58.5 Å². The van der Waals surface area contributed by atoms with Gasteiger partial charge in [0.15, 0.2) is 0 Å². The Morgan fingerprint density at radius 1 is 1.06 bits per heavy atom. The van der Waals surface area contributed by atoms with Gasteiger partial charge in [-0.25, -0.2) is 0 Å². The van der Waals surface area contributed by atoms with Gasteiger partial charge in [0.25, 0.3) is 5.91 Å². The van der Waals surface area contributed by atoms with E-state index in [-0.39, 0.29) is 24.5 Å². The molecule has 0 spiro atoms. The molecule has 2 aliphatic heterocycles. The molecule has 3 heterocycles. The molecule has 1 aromatic carbocycles. The van der Waals surface area contributed by atoms with E-state index < -0.39 is 0 Å². The van der Waals surface area contributed by atoms with Crippen LogP contribution < -0.4 is 0 Å². The van der Waals surface area contributed by atoms with Crippen LogP contribution in [0.25, 0.3) is 0 Å². The van der Waals surface area contributed by atoms with Crippen molar-refractivity contribution < 1.29 is 23.5 Å². The number of hydrogen-bond acceptors (Lipinski definition) is 6. The van der Waals surface area contributed by atoms with Crippen LogP contribution in [0.5, 0.6) is 0 Å². The number of hydrogen-bond donors (Lipinski definition) is 0. The van der Waals surface area contributed by atoms with Crippen molar-refractivity contribution in [1.82, 2.24) is 14.7 Å². The third-order valence-corrected chi connectivity index (χ3v) is 6.97. The minimum Gasteiger partial charge on any atom is -0.467 e. The van der Waals surface area contributed by atoms with Crippen molar-refractivity contribution in [1.29, 1.82) is 0 Å². The second-order valence-electron chi connectivity index (χ2n) is 9.03. The zero-order chi connectivity index (χ0) is 24.5. The summed E-state index contributed by atoms with van der Waals surface area (Å²) in [6.45, 7) is 6.26. The minimum absolute atomic E-state index is 0.0193. The fourth-order valence-corrected chi connectivity index (χ4v) is 4.74. The summed E-state index contributed by atoms with van der Waals surface area (Å²) in [4.78, 5) is 32.7. The van der Waals surface area contributed by atoms with E-state index in [1.54, 1.807) is 28.2 Å². The van der Waals surface area contributed by atoms with Crippen LogP contribution in [0, 0.1) is 0 Å². The number of amides is 2. The maximum Gasteiger partial charge on any atom is 0.254 e. The molecule has 1 unspecified atom stereocenters. The lowest BCUT2D eigenvalue weighted by Gasteiger charge is -2.30. The molecule has 2 saturated heterocycles. The summed E-state index contributed by atoms with van der Waals surface area (Å²) in [5.41, 5.74) is 0.573. The topological polar surface area (TPSA) is 75.5 Å². The quantitative estimate of drug-likeness (QED) is 0.429. The van der Waals surface area contributed by atoms with Gasteiger partial charge in [-0.05, 0) is 55.7 Å². The van der Waals surface area contributed by atoms with Gasteiger partial charge in [0.2, 0.25) is 5.91 Å². The minimum atomic E-state index is -0.136. The van der Waals surface area contributed by atoms with E-state index in [9.17, 15) is 9.59 Å². The molecule has 0 radical (unpaired) electrons. The molecule has 1 aromatic heterocycles. The highest BCUT2D eigenvalue weighted by atomic mass is 79.9. The monoisotopic (exact) mass is 547 g/mol. The molecule has 0 N–H and O–H groups in total. The van der Waals surface area contributed by atoms with Crippen molar-refractivity contribution in [2.75, 3.05) is 59.1 Å². The first-order valence-corrected chi connectivity index (χ1v) is 13.1. The van der Waals surface area contributed by atoms with E-state index in [1.165, 1.54) is 0 Å². The normalized spacial score (nSPS) is 18.5. The standard InChI is InChI=1S/C26H34BrN3O5/c27-22-8-6-21(7-9-22)26(32)29(11-3-10-28-12-16-33-17-13-28)20-25(31)30(18-23-4-1-14-34-23)19-24-5-2-15-35-24/h1,4,6-9,14,24H,2-3,5,10-13,15-20H2. The van der Waals surface area contributed by atoms with Crippen molar-refractivity contribution >= 4 is 27.7 Å². The predicted octanol–water partition coefficient (Wildman–Crippen LogP) is 3.41. The predicted molar refractivity (Wildman–Crippen MR) is 135 cm³/mol. The van der Waals surface area contributed by atoms with Gasteiger partial charge in [0, 0.05) is 49.4 Å². The molecule has 2 amide bonds. The molecule has 35 heavy (non-hydrogen) atoms. The highest BCUT2D eigenvalue weighted by molar-refractivity contribution is 9.10. The molecular weight excluding hydrogens is 514 g/mol. The van der Waals surface area contributed by atoms with Crippen molar-refractivity contribution in [2.45, 2.75) is 31.9 Å². The van der Waals surface area contributed by atoms with E-state index in [4.69, 9.17) is 13.9 Å². The molecule has 0 aliphatic carbocycles. The third-order valence-electron chi connectivity index (χ3n) is 6.44. The lowest BCUT2D eigenvalue weighted by atomic mass is 10.2. The number of benzene rings is 1. The molecule has 2 aromatic rings. The third kappa shape index (κ3) is 7.90. The Morgan fingerprint density at radius 3 is 2.54 bits per heavy atom. The summed E-state index contributed by atoms with van der Waals surface area (Å²) < 4.78 is 17.6. The van der Waals surface area contributed by atoms with Crippen LogP contribution in [0.3, 0.4) is 0 Å². The Bertz CT molecular complexity index is 925. The molecule has 9 heteroatoms. The van der Waals surface area contributed by atoms with E-state index in [0.717, 1.165) is 69.0 Å². The summed E-state index contributed by atoms with van der Waals surface area (Å²) in [5, 5.41) is 0. The van der Waals surface area contributed by atoms with E-state index in [0.29, 0.717) is 25.2 Å². The highest BCUT2D eigenvalue weighted by Crippen LogP contribution is 2.17. The second-order valence-corrected chi connectivity index (χ2v) is 9.95. The van der Waals surface area contributed by atoms with E-state index in [1.807, 2.05) is 24.3 Å². The fourth-order valence-electron chi connectivity index (χ4n) is 4.48. The average Bonchev–Trinajstić information content (AvgIpc) is 3.58. The Hall–Kier alpha value is -2.20. The van der Waals surface area contributed by atoms with Crippen LogP contribution in [-0.2, 0) is 20.8 Å².